The van der Waals surface area contributed by atoms with Crippen LogP contribution in [0.4, 0.5) is 25.8 Å². The van der Waals surface area contributed by atoms with E-state index in [0.29, 0.717) is 16.8 Å². The first-order chi connectivity index (χ1) is 14.4. The molecule has 4 nitrogen and oxygen atoms in total. The maximum Gasteiger partial charge on any atom is 0.155 e. The van der Waals surface area contributed by atoms with Gasteiger partial charge in [-0.05, 0) is 24.3 Å². The maximum absolute atomic E-state index is 15.4. The molecule has 6 heteroatoms. The van der Waals surface area contributed by atoms with E-state index in [1.807, 2.05) is 0 Å². The summed E-state index contributed by atoms with van der Waals surface area (Å²) < 4.78 is 30.3. The van der Waals surface area contributed by atoms with Crippen molar-refractivity contribution in [3.63, 3.8) is 0 Å². The number of rotatable bonds is 3. The summed E-state index contributed by atoms with van der Waals surface area (Å²) in [5.41, 5.74) is 19.2. The van der Waals surface area contributed by atoms with Gasteiger partial charge in [0.25, 0.3) is 0 Å². The fraction of sp³-hybridized carbons (Fsp3) is 0. The van der Waals surface area contributed by atoms with Crippen molar-refractivity contribution in [1.29, 1.82) is 0 Å². The van der Waals surface area contributed by atoms with Gasteiger partial charge in [0.2, 0.25) is 0 Å². The highest BCUT2D eigenvalue weighted by atomic mass is 19.1. The zero-order valence-corrected chi connectivity index (χ0v) is 15.8. The van der Waals surface area contributed by atoms with Gasteiger partial charge in [0, 0.05) is 50.8 Å². The van der Waals surface area contributed by atoms with Gasteiger partial charge in [0.15, 0.2) is 5.82 Å². The standard InChI is InChI=1S/C24H18F2N3O/c25-16-8-5-10-18(28)22(16)23-21(14-7-1-3-9-17(14)27)15(12-19(29)24(23)26)13-6-2-4-11-20(13)30/h1-11,30H,27-29H2. The number of para-hydroxylation sites is 2. The highest BCUT2D eigenvalue weighted by molar-refractivity contribution is 6.02. The van der Waals surface area contributed by atoms with Crippen molar-refractivity contribution in [2.75, 3.05) is 17.2 Å². The van der Waals surface area contributed by atoms with E-state index in [1.54, 1.807) is 42.5 Å². The van der Waals surface area contributed by atoms with Crippen LogP contribution in [0.3, 0.4) is 0 Å². The molecule has 0 spiro atoms. The van der Waals surface area contributed by atoms with Crippen molar-refractivity contribution in [3.05, 3.63) is 84.4 Å². The number of phenols is 1. The van der Waals surface area contributed by atoms with Crippen LogP contribution in [0.15, 0.2) is 66.7 Å². The number of benzene rings is 4. The first-order valence-corrected chi connectivity index (χ1v) is 9.12. The topological polar surface area (TPSA) is 98.3 Å². The minimum Gasteiger partial charge on any atom is -0.507 e. The molecular weight excluding hydrogens is 384 g/mol. The first kappa shape index (κ1) is 19.3. The number of nitrogen functional groups attached to an aromatic ring is 3. The van der Waals surface area contributed by atoms with Gasteiger partial charge in [0.05, 0.1) is 5.69 Å². The lowest BCUT2D eigenvalue weighted by atomic mass is 9.85. The average molecular weight is 402 g/mol. The van der Waals surface area contributed by atoms with E-state index < -0.39 is 11.6 Å². The Morgan fingerprint density at radius 1 is 0.667 bits per heavy atom. The normalized spacial score (nSPS) is 10.9. The Labute approximate surface area is 172 Å². The van der Waals surface area contributed by atoms with Crippen LogP contribution in [0.1, 0.15) is 0 Å². The number of phenolic OH excluding ortho intramolecular Hbond substituents is 1. The Balaban J connectivity index is 2.24. The van der Waals surface area contributed by atoms with E-state index in [9.17, 15) is 9.50 Å². The quantitative estimate of drug-likeness (QED) is 0.353. The van der Waals surface area contributed by atoms with E-state index in [2.05, 4.69) is 6.07 Å². The second-order valence-corrected chi connectivity index (χ2v) is 6.79. The van der Waals surface area contributed by atoms with Gasteiger partial charge in [-0.1, -0.05) is 42.5 Å². The van der Waals surface area contributed by atoms with Crippen LogP contribution in [-0.2, 0) is 0 Å². The molecule has 0 bridgehead atoms. The minimum atomic E-state index is -0.871. The van der Waals surface area contributed by atoms with Crippen LogP contribution in [0, 0.1) is 17.7 Å². The molecule has 4 aromatic rings. The van der Waals surface area contributed by atoms with Gasteiger partial charge in [-0.2, -0.15) is 0 Å². The lowest BCUT2D eigenvalue weighted by Crippen LogP contribution is -2.04. The fourth-order valence-corrected chi connectivity index (χ4v) is 3.54. The van der Waals surface area contributed by atoms with Crippen LogP contribution in [0.2, 0.25) is 0 Å². The molecule has 0 unspecified atom stereocenters. The Kier molecular flexibility index (Phi) is 4.75. The Hall–Kier alpha value is -4.06. The molecule has 0 atom stereocenters. The molecule has 0 saturated carbocycles. The highest BCUT2D eigenvalue weighted by Gasteiger charge is 2.26. The van der Waals surface area contributed by atoms with Gasteiger partial charge < -0.3 is 22.3 Å². The molecule has 30 heavy (non-hydrogen) atoms. The second kappa shape index (κ2) is 7.40. The summed E-state index contributed by atoms with van der Waals surface area (Å²) in [6, 6.07) is 20.2. The molecule has 4 rings (SSSR count). The van der Waals surface area contributed by atoms with Crippen molar-refractivity contribution in [2.45, 2.75) is 0 Å². The van der Waals surface area contributed by atoms with Gasteiger partial charge >= 0.3 is 0 Å². The summed E-state index contributed by atoms with van der Waals surface area (Å²) in [4.78, 5) is 0. The molecule has 0 aliphatic heterocycles. The third-order valence-corrected chi connectivity index (χ3v) is 4.91. The van der Waals surface area contributed by atoms with Gasteiger partial charge in [-0.15, -0.1) is 0 Å². The predicted octanol–water partition coefficient (Wildman–Crippen LogP) is 5.22. The lowest BCUT2D eigenvalue weighted by Gasteiger charge is -2.21. The Bertz CT molecular complexity index is 1250. The fourth-order valence-electron chi connectivity index (χ4n) is 3.54. The zero-order chi connectivity index (χ0) is 21.4. The monoisotopic (exact) mass is 402 g/mol. The summed E-state index contributed by atoms with van der Waals surface area (Å²) in [6.45, 7) is 0. The predicted molar refractivity (Wildman–Crippen MR) is 116 cm³/mol. The molecule has 149 valence electrons. The van der Waals surface area contributed by atoms with Crippen LogP contribution in [0.25, 0.3) is 33.4 Å². The number of nitrogens with two attached hydrogens (primary N) is 3. The zero-order valence-electron chi connectivity index (χ0n) is 15.8. The Morgan fingerprint density at radius 2 is 1.30 bits per heavy atom. The smallest absolute Gasteiger partial charge is 0.155 e. The van der Waals surface area contributed by atoms with Crippen LogP contribution in [0.5, 0.6) is 5.75 Å². The molecule has 7 N–H and O–H groups in total. The van der Waals surface area contributed by atoms with Crippen molar-refractivity contribution < 1.29 is 13.9 Å². The van der Waals surface area contributed by atoms with Gasteiger partial charge in [-0.3, -0.25) is 0 Å². The number of halogens is 2. The van der Waals surface area contributed by atoms with E-state index in [4.69, 9.17) is 17.2 Å². The first-order valence-electron chi connectivity index (χ1n) is 9.12. The van der Waals surface area contributed by atoms with Crippen molar-refractivity contribution in [3.8, 4) is 39.1 Å². The molecule has 0 aliphatic rings. The average Bonchev–Trinajstić information content (AvgIpc) is 2.72. The number of aromatic hydroxyl groups is 1. The molecule has 0 saturated heterocycles. The van der Waals surface area contributed by atoms with E-state index in [1.165, 1.54) is 24.3 Å². The Morgan fingerprint density at radius 3 is 1.97 bits per heavy atom. The second-order valence-electron chi connectivity index (χ2n) is 6.79. The van der Waals surface area contributed by atoms with Crippen LogP contribution >= 0.6 is 0 Å². The molecule has 0 amide bonds. The van der Waals surface area contributed by atoms with E-state index in [-0.39, 0.29) is 39.4 Å². The summed E-state index contributed by atoms with van der Waals surface area (Å²) in [7, 11) is 0. The molecule has 0 aliphatic carbocycles. The summed E-state index contributed by atoms with van der Waals surface area (Å²) in [6.07, 6.45) is 0. The molecule has 1 radical (unpaired) electrons. The molecular formula is C24H18F2N3O. The number of hydrogen-bond donors (Lipinski definition) is 4. The number of anilines is 3. The van der Waals surface area contributed by atoms with Gasteiger partial charge in [-0.25, -0.2) is 8.78 Å². The summed E-state index contributed by atoms with van der Waals surface area (Å²) >= 11 is 0. The van der Waals surface area contributed by atoms with Crippen molar-refractivity contribution >= 4 is 17.1 Å². The molecule has 0 aromatic heterocycles. The van der Waals surface area contributed by atoms with Crippen LogP contribution in [-0.4, -0.2) is 5.11 Å². The minimum absolute atomic E-state index is 0.0403. The third kappa shape index (κ3) is 3.08. The van der Waals surface area contributed by atoms with Crippen LogP contribution < -0.4 is 17.2 Å². The highest BCUT2D eigenvalue weighted by Crippen LogP contribution is 2.48. The van der Waals surface area contributed by atoms with Crippen molar-refractivity contribution in [2.24, 2.45) is 0 Å². The SMILES string of the molecule is Nc1[c]c(-c2ccccc2O)c(-c2ccccc2N)c(-c2c(N)cccc2F)c1F. The molecule has 0 fully saturated rings. The number of hydrogen-bond acceptors (Lipinski definition) is 4. The third-order valence-electron chi connectivity index (χ3n) is 4.91. The summed E-state index contributed by atoms with van der Waals surface area (Å²) in [5.74, 6) is -1.65. The largest absolute Gasteiger partial charge is 0.507 e. The van der Waals surface area contributed by atoms with Crippen molar-refractivity contribution in [1.82, 2.24) is 0 Å². The van der Waals surface area contributed by atoms with Gasteiger partial charge in [0.1, 0.15) is 11.6 Å². The summed E-state index contributed by atoms with van der Waals surface area (Å²) in [5, 5.41) is 10.5. The van der Waals surface area contributed by atoms with E-state index in [0.717, 1.165) is 0 Å². The molecule has 4 aromatic carbocycles. The van der Waals surface area contributed by atoms with E-state index >= 15 is 4.39 Å². The lowest BCUT2D eigenvalue weighted by molar-refractivity contribution is 0.477. The maximum atomic E-state index is 15.4. The molecule has 0 heterocycles.